The number of hydrogen-bond acceptors (Lipinski definition) is 2. The molecule has 4 nitrogen and oxygen atoms in total. The molecule has 0 amide bonds. The number of fused-ring (bicyclic) bond motifs is 1. The van der Waals surface area contributed by atoms with E-state index in [0.717, 1.165) is 10.8 Å². The maximum absolute atomic E-state index is 11.7. The molecule has 19 heavy (non-hydrogen) atoms. The van der Waals surface area contributed by atoms with Crippen LogP contribution in [0.2, 0.25) is 0 Å². The number of carboxylic acids is 1. The molecule has 1 aromatic carbocycles. The molecule has 0 aliphatic carbocycles. The van der Waals surface area contributed by atoms with E-state index in [1.807, 2.05) is 24.3 Å². The normalized spacial score (nSPS) is 16.2. The molecule has 1 heterocycles. The minimum atomic E-state index is -1.30. The first kappa shape index (κ1) is 13.6. The standard InChI is InChI=1S/C15H19NO3/c1-3-13(17)15(4-2,14(18)19)16-9-11-7-5-6-8-12(11)10-16/h5-10,13,17H,3-4H2,1-2H3,(H,18,19). The second-order valence-corrected chi connectivity index (χ2v) is 4.80. The van der Waals surface area contributed by atoms with Crippen molar-refractivity contribution in [3.63, 3.8) is 0 Å². The Morgan fingerprint density at radius 3 is 2.16 bits per heavy atom. The summed E-state index contributed by atoms with van der Waals surface area (Å²) in [6.07, 6.45) is 3.40. The number of aromatic nitrogens is 1. The predicted molar refractivity (Wildman–Crippen MR) is 74.1 cm³/mol. The predicted octanol–water partition coefficient (Wildman–Crippen LogP) is 2.60. The molecule has 0 spiro atoms. The quantitative estimate of drug-likeness (QED) is 0.869. The molecular weight excluding hydrogens is 242 g/mol. The van der Waals surface area contributed by atoms with E-state index in [-0.39, 0.29) is 0 Å². The molecule has 0 fully saturated rings. The molecule has 2 rings (SSSR count). The van der Waals surface area contributed by atoms with Crippen molar-refractivity contribution in [1.82, 2.24) is 4.57 Å². The summed E-state index contributed by atoms with van der Waals surface area (Å²) in [6, 6.07) is 7.70. The topological polar surface area (TPSA) is 62.5 Å². The van der Waals surface area contributed by atoms with Gasteiger partial charge in [0.2, 0.25) is 0 Å². The maximum atomic E-state index is 11.7. The molecule has 0 saturated heterocycles. The monoisotopic (exact) mass is 261 g/mol. The minimum Gasteiger partial charge on any atom is -0.479 e. The first-order valence-corrected chi connectivity index (χ1v) is 6.55. The van der Waals surface area contributed by atoms with Gasteiger partial charge in [-0.05, 0) is 23.6 Å². The summed E-state index contributed by atoms with van der Waals surface area (Å²) in [5.74, 6) is -0.996. The Kier molecular flexibility index (Phi) is 3.62. The second-order valence-electron chi connectivity index (χ2n) is 4.80. The van der Waals surface area contributed by atoms with Crippen LogP contribution in [-0.2, 0) is 10.3 Å². The molecule has 102 valence electrons. The summed E-state index contributed by atoms with van der Waals surface area (Å²) in [4.78, 5) is 11.7. The molecule has 0 bridgehead atoms. The fourth-order valence-electron chi connectivity index (χ4n) is 2.65. The Bertz CT molecular complexity index is 557. The van der Waals surface area contributed by atoms with Gasteiger partial charge < -0.3 is 14.8 Å². The number of hydrogen-bond donors (Lipinski definition) is 2. The molecule has 4 heteroatoms. The van der Waals surface area contributed by atoms with Gasteiger partial charge in [-0.25, -0.2) is 4.79 Å². The van der Waals surface area contributed by atoms with E-state index in [1.165, 1.54) is 0 Å². The fourth-order valence-corrected chi connectivity index (χ4v) is 2.65. The first-order chi connectivity index (χ1) is 9.06. The number of carbonyl (C=O) groups is 1. The van der Waals surface area contributed by atoms with Crippen LogP contribution in [0.3, 0.4) is 0 Å². The third kappa shape index (κ3) is 2.02. The van der Waals surface area contributed by atoms with Crippen LogP contribution in [0.25, 0.3) is 10.8 Å². The highest BCUT2D eigenvalue weighted by Gasteiger charge is 2.44. The lowest BCUT2D eigenvalue weighted by molar-refractivity contribution is -0.155. The number of nitrogens with zero attached hydrogens (tertiary/aromatic N) is 1. The van der Waals surface area contributed by atoms with Crippen molar-refractivity contribution in [3.8, 4) is 0 Å². The largest absolute Gasteiger partial charge is 0.479 e. The summed E-state index contributed by atoms with van der Waals surface area (Å²) in [5, 5.41) is 21.8. The Labute approximate surface area is 112 Å². The maximum Gasteiger partial charge on any atom is 0.332 e. The smallest absolute Gasteiger partial charge is 0.332 e. The average molecular weight is 261 g/mol. The summed E-state index contributed by atoms with van der Waals surface area (Å²) in [5.41, 5.74) is -1.30. The van der Waals surface area contributed by atoms with Crippen molar-refractivity contribution in [2.75, 3.05) is 0 Å². The van der Waals surface area contributed by atoms with E-state index in [9.17, 15) is 15.0 Å². The van der Waals surface area contributed by atoms with Crippen LogP contribution < -0.4 is 0 Å². The molecule has 2 unspecified atom stereocenters. The van der Waals surface area contributed by atoms with E-state index >= 15 is 0 Å². The average Bonchev–Trinajstić information content (AvgIpc) is 2.83. The molecule has 0 saturated carbocycles. The highest BCUT2D eigenvalue weighted by atomic mass is 16.4. The van der Waals surface area contributed by atoms with Gasteiger partial charge in [0.1, 0.15) is 0 Å². The summed E-state index contributed by atoms with van der Waals surface area (Å²) < 4.78 is 1.65. The van der Waals surface area contributed by atoms with Gasteiger partial charge in [0.05, 0.1) is 6.10 Å². The number of aliphatic carboxylic acids is 1. The molecule has 2 N–H and O–H groups in total. The summed E-state index contributed by atoms with van der Waals surface area (Å²) >= 11 is 0. The molecule has 0 aliphatic rings. The molecule has 0 radical (unpaired) electrons. The highest BCUT2D eigenvalue weighted by molar-refractivity contribution is 5.84. The number of benzene rings is 1. The summed E-state index contributed by atoms with van der Waals surface area (Å²) in [7, 11) is 0. The number of carboxylic acid groups (broad SMARTS) is 1. The zero-order valence-corrected chi connectivity index (χ0v) is 11.2. The third-order valence-corrected chi connectivity index (χ3v) is 3.86. The van der Waals surface area contributed by atoms with E-state index < -0.39 is 17.6 Å². The Morgan fingerprint density at radius 1 is 1.26 bits per heavy atom. The lowest BCUT2D eigenvalue weighted by Crippen LogP contribution is -2.50. The molecule has 2 aromatic rings. The van der Waals surface area contributed by atoms with Crippen molar-refractivity contribution in [2.24, 2.45) is 0 Å². The fraction of sp³-hybridized carbons (Fsp3) is 0.400. The minimum absolute atomic E-state index is 0.332. The van der Waals surface area contributed by atoms with Gasteiger partial charge in [0.25, 0.3) is 0 Å². The van der Waals surface area contributed by atoms with Crippen LogP contribution in [0.5, 0.6) is 0 Å². The van der Waals surface area contributed by atoms with Crippen LogP contribution in [0.1, 0.15) is 26.7 Å². The van der Waals surface area contributed by atoms with Crippen molar-refractivity contribution >= 4 is 16.7 Å². The first-order valence-electron chi connectivity index (χ1n) is 6.55. The Balaban J connectivity index is 2.63. The van der Waals surface area contributed by atoms with Crippen molar-refractivity contribution in [1.29, 1.82) is 0 Å². The highest BCUT2D eigenvalue weighted by Crippen LogP contribution is 2.31. The van der Waals surface area contributed by atoms with Gasteiger partial charge in [-0.2, -0.15) is 0 Å². The molecule has 0 aliphatic heterocycles. The van der Waals surface area contributed by atoms with E-state index in [2.05, 4.69) is 0 Å². The van der Waals surface area contributed by atoms with Gasteiger partial charge >= 0.3 is 5.97 Å². The van der Waals surface area contributed by atoms with Gasteiger partial charge in [-0.15, -0.1) is 0 Å². The number of rotatable bonds is 5. The van der Waals surface area contributed by atoms with Crippen LogP contribution in [-0.4, -0.2) is 26.9 Å². The van der Waals surface area contributed by atoms with Crippen molar-refractivity contribution < 1.29 is 15.0 Å². The van der Waals surface area contributed by atoms with E-state index in [0.29, 0.717) is 12.8 Å². The number of aliphatic hydroxyl groups is 1. The van der Waals surface area contributed by atoms with Crippen LogP contribution in [0, 0.1) is 0 Å². The molecular formula is C15H19NO3. The molecule has 1 aromatic heterocycles. The lowest BCUT2D eigenvalue weighted by Gasteiger charge is -2.34. The van der Waals surface area contributed by atoms with Gasteiger partial charge in [0, 0.05) is 12.4 Å². The van der Waals surface area contributed by atoms with Crippen molar-refractivity contribution in [2.45, 2.75) is 38.3 Å². The SMILES string of the molecule is CCC(O)C(CC)(C(=O)O)n1cc2ccccc2c1. The van der Waals surface area contributed by atoms with Crippen molar-refractivity contribution in [3.05, 3.63) is 36.7 Å². The zero-order chi connectivity index (χ0) is 14.0. The second kappa shape index (κ2) is 5.05. The Hall–Kier alpha value is -1.81. The van der Waals surface area contributed by atoms with Crippen LogP contribution in [0.15, 0.2) is 36.7 Å². The zero-order valence-electron chi connectivity index (χ0n) is 11.2. The van der Waals surface area contributed by atoms with E-state index in [4.69, 9.17) is 0 Å². The Morgan fingerprint density at radius 2 is 1.79 bits per heavy atom. The molecule has 2 atom stereocenters. The van der Waals surface area contributed by atoms with E-state index in [1.54, 1.807) is 30.8 Å². The van der Waals surface area contributed by atoms with Crippen LogP contribution in [0.4, 0.5) is 0 Å². The van der Waals surface area contributed by atoms with Gasteiger partial charge in [-0.3, -0.25) is 0 Å². The lowest BCUT2D eigenvalue weighted by atomic mass is 9.87. The third-order valence-electron chi connectivity index (χ3n) is 3.86. The van der Waals surface area contributed by atoms with Gasteiger partial charge in [-0.1, -0.05) is 38.1 Å². The van der Waals surface area contributed by atoms with Crippen LogP contribution >= 0.6 is 0 Å². The number of aliphatic hydroxyl groups excluding tert-OH is 1. The van der Waals surface area contributed by atoms with Gasteiger partial charge in [0.15, 0.2) is 5.54 Å². The summed E-state index contributed by atoms with van der Waals surface area (Å²) in [6.45, 7) is 3.58.